The molecule has 1 heterocycles. The first-order valence-corrected chi connectivity index (χ1v) is 6.69. The number of nitrogens with zero attached hydrogens (tertiary/aromatic N) is 1. The average molecular weight is 262 g/mol. The monoisotopic (exact) mass is 262 g/mol. The predicted octanol–water partition coefficient (Wildman–Crippen LogP) is 2.77. The van der Waals surface area contributed by atoms with Crippen LogP contribution in [-0.2, 0) is 9.53 Å². The molecule has 1 aromatic heterocycles. The SMILES string of the molecule is CCOC(=O)/C=C/CSc1nc2ccccc2[nH]1. The van der Waals surface area contributed by atoms with Crippen molar-refractivity contribution in [2.45, 2.75) is 12.1 Å². The molecule has 2 aromatic rings. The number of aromatic amines is 1. The molecule has 0 aliphatic rings. The molecule has 0 atom stereocenters. The van der Waals surface area contributed by atoms with Crippen molar-refractivity contribution < 1.29 is 9.53 Å². The number of hydrogen-bond donors (Lipinski definition) is 1. The van der Waals surface area contributed by atoms with Crippen molar-refractivity contribution >= 4 is 28.8 Å². The predicted molar refractivity (Wildman–Crippen MR) is 72.6 cm³/mol. The normalized spacial score (nSPS) is 11.2. The number of imidazole rings is 1. The number of carbonyl (C=O) groups is 1. The summed E-state index contributed by atoms with van der Waals surface area (Å²) >= 11 is 1.54. The van der Waals surface area contributed by atoms with Crippen molar-refractivity contribution in [1.29, 1.82) is 0 Å². The molecule has 0 unspecified atom stereocenters. The minimum atomic E-state index is -0.303. The molecule has 1 N–H and O–H groups in total. The zero-order valence-electron chi connectivity index (χ0n) is 10.1. The molecule has 0 aliphatic heterocycles. The molecule has 2 rings (SSSR count). The summed E-state index contributed by atoms with van der Waals surface area (Å²) in [6.07, 6.45) is 3.22. The van der Waals surface area contributed by atoms with E-state index in [1.54, 1.807) is 24.8 Å². The van der Waals surface area contributed by atoms with Crippen molar-refractivity contribution in [3.8, 4) is 0 Å². The second-order valence-corrected chi connectivity index (χ2v) is 4.53. The van der Waals surface area contributed by atoms with Crippen molar-refractivity contribution in [3.63, 3.8) is 0 Å². The van der Waals surface area contributed by atoms with Gasteiger partial charge in [0.05, 0.1) is 17.6 Å². The van der Waals surface area contributed by atoms with E-state index in [1.165, 1.54) is 6.08 Å². The fourth-order valence-electron chi connectivity index (χ4n) is 1.46. The lowest BCUT2D eigenvalue weighted by molar-refractivity contribution is -0.137. The first-order chi connectivity index (χ1) is 8.79. The van der Waals surface area contributed by atoms with E-state index in [2.05, 4.69) is 9.97 Å². The number of fused-ring (bicyclic) bond motifs is 1. The molecule has 0 fully saturated rings. The Morgan fingerprint density at radius 3 is 3.11 bits per heavy atom. The van der Waals surface area contributed by atoms with E-state index in [4.69, 9.17) is 4.74 Å². The molecule has 0 amide bonds. The number of nitrogens with one attached hydrogen (secondary N) is 1. The summed E-state index contributed by atoms with van der Waals surface area (Å²) in [5, 5.41) is 0.852. The van der Waals surface area contributed by atoms with Gasteiger partial charge in [-0.15, -0.1) is 0 Å². The molecule has 1 aromatic carbocycles. The van der Waals surface area contributed by atoms with E-state index in [0.717, 1.165) is 16.2 Å². The summed E-state index contributed by atoms with van der Waals surface area (Å²) in [6.45, 7) is 2.19. The number of thioether (sulfide) groups is 1. The fourth-order valence-corrected chi connectivity index (χ4v) is 2.15. The van der Waals surface area contributed by atoms with Gasteiger partial charge in [0.1, 0.15) is 0 Å². The van der Waals surface area contributed by atoms with Crippen LogP contribution in [0.1, 0.15) is 6.92 Å². The van der Waals surface area contributed by atoms with Crippen LogP contribution >= 0.6 is 11.8 Å². The number of H-pyrrole nitrogens is 1. The van der Waals surface area contributed by atoms with E-state index < -0.39 is 0 Å². The smallest absolute Gasteiger partial charge is 0.330 e. The third-order valence-corrected chi connectivity index (χ3v) is 3.05. The van der Waals surface area contributed by atoms with Crippen LogP contribution in [0.15, 0.2) is 41.6 Å². The van der Waals surface area contributed by atoms with Crippen molar-refractivity contribution in [2.75, 3.05) is 12.4 Å². The summed E-state index contributed by atoms with van der Waals surface area (Å²) in [6, 6.07) is 7.87. The Bertz CT molecular complexity index is 530. The zero-order valence-corrected chi connectivity index (χ0v) is 10.9. The number of rotatable bonds is 5. The van der Waals surface area contributed by atoms with Gasteiger partial charge in [0.15, 0.2) is 5.16 Å². The van der Waals surface area contributed by atoms with Gasteiger partial charge in [-0.2, -0.15) is 0 Å². The summed E-state index contributed by atoms with van der Waals surface area (Å²) in [7, 11) is 0. The summed E-state index contributed by atoms with van der Waals surface area (Å²) < 4.78 is 4.78. The number of para-hydroxylation sites is 2. The third-order valence-electron chi connectivity index (χ3n) is 2.22. The third kappa shape index (κ3) is 3.37. The van der Waals surface area contributed by atoms with Gasteiger partial charge in [0, 0.05) is 11.8 Å². The highest BCUT2D eigenvalue weighted by Crippen LogP contribution is 2.18. The second kappa shape index (κ2) is 6.26. The van der Waals surface area contributed by atoms with Crippen LogP contribution in [0.2, 0.25) is 0 Å². The molecule has 0 radical (unpaired) electrons. The van der Waals surface area contributed by atoms with Gasteiger partial charge < -0.3 is 9.72 Å². The van der Waals surface area contributed by atoms with E-state index in [9.17, 15) is 4.79 Å². The van der Waals surface area contributed by atoms with E-state index in [1.807, 2.05) is 24.3 Å². The lowest BCUT2D eigenvalue weighted by Crippen LogP contribution is -1.98. The maximum atomic E-state index is 11.1. The van der Waals surface area contributed by atoms with Crippen LogP contribution in [0.4, 0.5) is 0 Å². The molecule has 0 saturated heterocycles. The Kier molecular flexibility index (Phi) is 4.41. The van der Waals surface area contributed by atoms with Gasteiger partial charge in [0.25, 0.3) is 0 Å². The highest BCUT2D eigenvalue weighted by molar-refractivity contribution is 7.99. The van der Waals surface area contributed by atoms with Crippen molar-refractivity contribution in [2.24, 2.45) is 0 Å². The molecule has 94 valence electrons. The van der Waals surface area contributed by atoms with Crippen LogP contribution in [0.25, 0.3) is 11.0 Å². The molecular weight excluding hydrogens is 248 g/mol. The van der Waals surface area contributed by atoms with Gasteiger partial charge in [-0.25, -0.2) is 9.78 Å². The van der Waals surface area contributed by atoms with Crippen LogP contribution in [-0.4, -0.2) is 28.3 Å². The largest absolute Gasteiger partial charge is 0.463 e. The van der Waals surface area contributed by atoms with Crippen LogP contribution in [0.5, 0.6) is 0 Å². The quantitative estimate of drug-likeness (QED) is 0.511. The summed E-state index contributed by atoms with van der Waals surface area (Å²) in [4.78, 5) is 18.7. The molecule has 18 heavy (non-hydrogen) atoms. The summed E-state index contributed by atoms with van der Waals surface area (Å²) in [5.74, 6) is 0.376. The minimum absolute atomic E-state index is 0.303. The zero-order chi connectivity index (χ0) is 12.8. The number of benzene rings is 1. The number of carbonyl (C=O) groups excluding carboxylic acids is 1. The summed E-state index contributed by atoms with van der Waals surface area (Å²) in [5.41, 5.74) is 1.98. The van der Waals surface area contributed by atoms with Gasteiger partial charge >= 0.3 is 5.97 Å². The van der Waals surface area contributed by atoms with Crippen LogP contribution in [0.3, 0.4) is 0 Å². The Balaban J connectivity index is 1.88. The van der Waals surface area contributed by atoms with Gasteiger partial charge in [-0.1, -0.05) is 30.0 Å². The lowest BCUT2D eigenvalue weighted by atomic mass is 10.3. The van der Waals surface area contributed by atoms with Crippen LogP contribution < -0.4 is 0 Å². The molecule has 0 aliphatic carbocycles. The van der Waals surface area contributed by atoms with Crippen LogP contribution in [0, 0.1) is 0 Å². The minimum Gasteiger partial charge on any atom is -0.463 e. The Hall–Kier alpha value is -1.75. The first kappa shape index (κ1) is 12.7. The number of esters is 1. The Labute approximate surface area is 109 Å². The van der Waals surface area contributed by atoms with E-state index >= 15 is 0 Å². The fraction of sp³-hybridized carbons (Fsp3) is 0.231. The number of ether oxygens (including phenoxy) is 1. The second-order valence-electron chi connectivity index (χ2n) is 3.52. The molecular formula is C13H14N2O2S. The van der Waals surface area contributed by atoms with Gasteiger partial charge in [-0.05, 0) is 19.1 Å². The average Bonchev–Trinajstić information content (AvgIpc) is 2.77. The van der Waals surface area contributed by atoms with Crippen molar-refractivity contribution in [3.05, 3.63) is 36.4 Å². The van der Waals surface area contributed by atoms with E-state index in [-0.39, 0.29) is 5.97 Å². The number of aromatic nitrogens is 2. The highest BCUT2D eigenvalue weighted by Gasteiger charge is 2.01. The first-order valence-electron chi connectivity index (χ1n) is 5.70. The maximum absolute atomic E-state index is 11.1. The van der Waals surface area contributed by atoms with Gasteiger partial charge in [-0.3, -0.25) is 0 Å². The Morgan fingerprint density at radius 2 is 2.33 bits per heavy atom. The Morgan fingerprint density at radius 1 is 1.50 bits per heavy atom. The molecule has 0 bridgehead atoms. The standard InChI is InChI=1S/C13H14N2O2S/c1-2-17-12(16)8-5-9-18-13-14-10-6-3-4-7-11(10)15-13/h3-8H,2,9H2,1H3,(H,14,15)/b8-5+. The lowest BCUT2D eigenvalue weighted by Gasteiger charge is -1.94. The molecule has 4 nitrogen and oxygen atoms in total. The molecule has 0 saturated carbocycles. The topological polar surface area (TPSA) is 55.0 Å². The molecule has 0 spiro atoms. The van der Waals surface area contributed by atoms with Gasteiger partial charge in [0.2, 0.25) is 0 Å². The highest BCUT2D eigenvalue weighted by atomic mass is 32.2. The molecule has 5 heteroatoms. The maximum Gasteiger partial charge on any atom is 0.330 e. The van der Waals surface area contributed by atoms with Crippen molar-refractivity contribution in [1.82, 2.24) is 9.97 Å². The number of hydrogen-bond acceptors (Lipinski definition) is 4. The van der Waals surface area contributed by atoms with E-state index in [0.29, 0.717) is 12.4 Å².